The number of benzene rings is 3. The van der Waals surface area contributed by atoms with Crippen LogP contribution in [0.2, 0.25) is 0 Å². The van der Waals surface area contributed by atoms with E-state index in [4.69, 9.17) is 0 Å². The molecule has 4 rings (SSSR count). The van der Waals surface area contributed by atoms with Crippen LogP contribution in [0.1, 0.15) is 15.9 Å². The predicted molar refractivity (Wildman–Crippen MR) is 92.9 cm³/mol. The first-order valence-electron chi connectivity index (χ1n) is 7.49. The van der Waals surface area contributed by atoms with Crippen molar-refractivity contribution in [2.75, 3.05) is 0 Å². The number of hydrogen-bond donors (Lipinski definition) is 2. The van der Waals surface area contributed by atoms with Crippen LogP contribution in [-0.4, -0.2) is 16.1 Å². The van der Waals surface area contributed by atoms with E-state index >= 15 is 0 Å². The van der Waals surface area contributed by atoms with E-state index in [0.29, 0.717) is 5.56 Å². The molecule has 23 heavy (non-hydrogen) atoms. The first-order chi connectivity index (χ1) is 11.1. The fourth-order valence-electron chi connectivity index (χ4n) is 3.19. The zero-order chi connectivity index (χ0) is 16.0. The molecular formula is C20H15NO2. The lowest BCUT2D eigenvalue weighted by Gasteiger charge is -2.07. The van der Waals surface area contributed by atoms with Crippen molar-refractivity contribution < 1.29 is 9.90 Å². The summed E-state index contributed by atoms with van der Waals surface area (Å²) in [5.41, 5.74) is 5.42. The van der Waals surface area contributed by atoms with Crippen LogP contribution in [0, 0.1) is 6.92 Å². The summed E-state index contributed by atoms with van der Waals surface area (Å²) in [5.74, 6) is -0.907. The lowest BCUT2D eigenvalue weighted by molar-refractivity contribution is 0.0699. The van der Waals surface area contributed by atoms with Crippen LogP contribution in [-0.2, 0) is 0 Å². The minimum atomic E-state index is -0.907. The molecule has 1 aromatic heterocycles. The molecule has 3 heteroatoms. The van der Waals surface area contributed by atoms with E-state index in [0.717, 1.165) is 32.9 Å². The van der Waals surface area contributed by atoms with Crippen LogP contribution in [0.5, 0.6) is 0 Å². The monoisotopic (exact) mass is 301 g/mol. The first-order valence-corrected chi connectivity index (χ1v) is 7.49. The van der Waals surface area contributed by atoms with Crippen LogP contribution >= 0.6 is 0 Å². The normalized spacial score (nSPS) is 11.2. The van der Waals surface area contributed by atoms with Gasteiger partial charge in [-0.3, -0.25) is 0 Å². The van der Waals surface area contributed by atoms with Crippen molar-refractivity contribution in [2.45, 2.75) is 6.92 Å². The molecule has 0 radical (unpaired) electrons. The van der Waals surface area contributed by atoms with Crippen LogP contribution < -0.4 is 0 Å². The van der Waals surface area contributed by atoms with Gasteiger partial charge in [-0.05, 0) is 24.6 Å². The number of carboxylic acids is 1. The van der Waals surface area contributed by atoms with Gasteiger partial charge in [0.2, 0.25) is 0 Å². The highest BCUT2D eigenvalue weighted by Crippen LogP contribution is 2.35. The summed E-state index contributed by atoms with van der Waals surface area (Å²) in [6.45, 7) is 2.05. The summed E-state index contributed by atoms with van der Waals surface area (Å²) in [4.78, 5) is 15.0. The molecule has 1 heterocycles. The largest absolute Gasteiger partial charge is 0.478 e. The van der Waals surface area contributed by atoms with Crippen molar-refractivity contribution in [1.29, 1.82) is 0 Å². The molecule has 0 aliphatic carbocycles. The summed E-state index contributed by atoms with van der Waals surface area (Å²) in [7, 11) is 0. The maximum atomic E-state index is 11.6. The van der Waals surface area contributed by atoms with Gasteiger partial charge in [-0.1, -0.05) is 54.1 Å². The molecule has 112 valence electrons. The molecule has 3 nitrogen and oxygen atoms in total. The number of aromatic amines is 1. The van der Waals surface area contributed by atoms with E-state index in [1.807, 2.05) is 42.5 Å². The van der Waals surface area contributed by atoms with Crippen LogP contribution in [0.4, 0.5) is 0 Å². The van der Waals surface area contributed by atoms with E-state index < -0.39 is 5.97 Å². The zero-order valence-electron chi connectivity index (χ0n) is 12.6. The second kappa shape index (κ2) is 4.99. The molecular weight excluding hydrogens is 286 g/mol. The topological polar surface area (TPSA) is 53.1 Å². The molecule has 0 bridgehead atoms. The smallest absolute Gasteiger partial charge is 0.336 e. The Hall–Kier alpha value is -3.07. The van der Waals surface area contributed by atoms with Gasteiger partial charge in [0, 0.05) is 21.9 Å². The Morgan fingerprint density at radius 1 is 1.00 bits per heavy atom. The van der Waals surface area contributed by atoms with Gasteiger partial charge in [0.25, 0.3) is 0 Å². The lowest BCUT2D eigenvalue weighted by Crippen LogP contribution is -1.97. The molecule has 0 saturated carbocycles. The number of H-pyrrole nitrogens is 1. The average Bonchev–Trinajstić information content (AvgIpc) is 2.93. The molecule has 2 N–H and O–H groups in total. The van der Waals surface area contributed by atoms with Gasteiger partial charge in [-0.25, -0.2) is 4.79 Å². The number of hydrogen-bond acceptors (Lipinski definition) is 1. The van der Waals surface area contributed by atoms with Crippen LogP contribution in [0.3, 0.4) is 0 Å². The Labute approximate surface area is 133 Å². The zero-order valence-corrected chi connectivity index (χ0v) is 12.6. The van der Waals surface area contributed by atoms with Crippen molar-refractivity contribution >= 4 is 27.8 Å². The Morgan fingerprint density at radius 2 is 1.83 bits per heavy atom. The number of aromatic nitrogens is 1. The van der Waals surface area contributed by atoms with E-state index in [1.54, 1.807) is 6.07 Å². The number of rotatable bonds is 2. The number of aryl methyl sites for hydroxylation is 1. The molecule has 0 amide bonds. The Balaban J connectivity index is 2.15. The lowest BCUT2D eigenvalue weighted by atomic mass is 9.97. The molecule has 0 saturated heterocycles. The highest BCUT2D eigenvalue weighted by Gasteiger charge is 2.17. The maximum Gasteiger partial charge on any atom is 0.336 e. The fraction of sp³-hybridized carbons (Fsp3) is 0.0500. The molecule has 0 atom stereocenters. The minimum absolute atomic E-state index is 0.328. The Morgan fingerprint density at radius 3 is 2.61 bits per heavy atom. The minimum Gasteiger partial charge on any atom is -0.478 e. The molecule has 4 aromatic rings. The summed E-state index contributed by atoms with van der Waals surface area (Å²) < 4.78 is 0. The number of fused-ring (bicyclic) bond motifs is 3. The third-order valence-corrected chi connectivity index (χ3v) is 4.22. The highest BCUT2D eigenvalue weighted by molar-refractivity contribution is 6.19. The van der Waals surface area contributed by atoms with Gasteiger partial charge >= 0.3 is 5.97 Å². The SMILES string of the molecule is Cc1cccc(-c2ccc(C(=O)O)c3c2[nH]c2ccccc23)c1. The second-order valence-corrected chi connectivity index (χ2v) is 5.76. The number of aromatic carboxylic acids is 1. The average molecular weight is 301 g/mol. The predicted octanol–water partition coefficient (Wildman–Crippen LogP) is 4.99. The van der Waals surface area contributed by atoms with Crippen molar-refractivity contribution in [3.8, 4) is 11.1 Å². The molecule has 0 spiro atoms. The first kappa shape index (κ1) is 13.6. The Kier molecular flexibility index (Phi) is 2.95. The number of carbonyl (C=O) groups is 1. The summed E-state index contributed by atoms with van der Waals surface area (Å²) in [6.07, 6.45) is 0. The molecule has 0 unspecified atom stereocenters. The van der Waals surface area contributed by atoms with Gasteiger partial charge in [-0.2, -0.15) is 0 Å². The summed E-state index contributed by atoms with van der Waals surface area (Å²) in [6, 6.07) is 19.6. The molecule has 0 fully saturated rings. The molecule has 3 aromatic carbocycles. The quantitative estimate of drug-likeness (QED) is 0.547. The van der Waals surface area contributed by atoms with E-state index in [1.165, 1.54) is 5.56 Å². The van der Waals surface area contributed by atoms with Crippen molar-refractivity contribution in [2.24, 2.45) is 0 Å². The van der Waals surface area contributed by atoms with Gasteiger partial charge < -0.3 is 10.1 Å². The highest BCUT2D eigenvalue weighted by atomic mass is 16.4. The van der Waals surface area contributed by atoms with Crippen molar-refractivity contribution in [3.05, 3.63) is 71.8 Å². The van der Waals surface area contributed by atoms with Crippen LogP contribution in [0.15, 0.2) is 60.7 Å². The fourth-order valence-corrected chi connectivity index (χ4v) is 3.19. The third kappa shape index (κ3) is 2.09. The number of carboxylic acid groups (broad SMARTS) is 1. The van der Waals surface area contributed by atoms with Crippen molar-refractivity contribution in [3.63, 3.8) is 0 Å². The van der Waals surface area contributed by atoms with Crippen LogP contribution in [0.25, 0.3) is 32.9 Å². The van der Waals surface area contributed by atoms with E-state index in [9.17, 15) is 9.90 Å². The van der Waals surface area contributed by atoms with Gasteiger partial charge in [0.1, 0.15) is 0 Å². The summed E-state index contributed by atoms with van der Waals surface area (Å²) >= 11 is 0. The number of nitrogens with one attached hydrogen (secondary N) is 1. The van der Waals surface area contributed by atoms with E-state index in [-0.39, 0.29) is 0 Å². The van der Waals surface area contributed by atoms with Crippen molar-refractivity contribution in [1.82, 2.24) is 4.98 Å². The maximum absolute atomic E-state index is 11.6. The Bertz CT molecular complexity index is 1060. The summed E-state index contributed by atoms with van der Waals surface area (Å²) in [5, 5.41) is 11.3. The van der Waals surface area contributed by atoms with Gasteiger partial charge in [0.05, 0.1) is 11.1 Å². The van der Waals surface area contributed by atoms with E-state index in [2.05, 4.69) is 24.0 Å². The second-order valence-electron chi connectivity index (χ2n) is 5.76. The number of para-hydroxylation sites is 1. The third-order valence-electron chi connectivity index (χ3n) is 4.22. The standard InChI is InChI=1S/C20H15NO2/c1-12-5-4-6-13(11-12)14-9-10-16(20(22)23)18-15-7-2-3-8-17(15)21-19(14)18/h2-11,21H,1H3,(H,22,23). The molecule has 0 aliphatic heterocycles. The molecule has 0 aliphatic rings. The van der Waals surface area contributed by atoms with Gasteiger partial charge in [0.15, 0.2) is 0 Å². The van der Waals surface area contributed by atoms with Gasteiger partial charge in [-0.15, -0.1) is 0 Å².